The Morgan fingerprint density at radius 3 is 2.53 bits per heavy atom. The van der Waals surface area contributed by atoms with Gasteiger partial charge in [-0.2, -0.15) is 13.2 Å². The maximum atomic E-state index is 12.8. The molecule has 1 heterocycles. The number of hydrogen-bond acceptors (Lipinski definition) is 3. The maximum Gasteiger partial charge on any atom is 0.405 e. The van der Waals surface area contributed by atoms with Crippen LogP contribution in [-0.2, 0) is 4.79 Å². The SMILES string of the molecule is CN(C)C(=O)[C@H]1CCCN1[C@@H](CN)C(F)(F)F. The topological polar surface area (TPSA) is 49.6 Å². The van der Waals surface area contributed by atoms with E-state index in [2.05, 4.69) is 0 Å². The summed E-state index contributed by atoms with van der Waals surface area (Å²) in [6, 6.07) is -2.42. The lowest BCUT2D eigenvalue weighted by molar-refractivity contribution is -0.185. The predicted molar refractivity (Wildman–Crippen MR) is 57.3 cm³/mol. The number of amides is 1. The van der Waals surface area contributed by atoms with Gasteiger partial charge in [-0.1, -0.05) is 0 Å². The average molecular weight is 253 g/mol. The van der Waals surface area contributed by atoms with E-state index in [0.29, 0.717) is 12.8 Å². The third kappa shape index (κ3) is 3.10. The van der Waals surface area contributed by atoms with Crippen LogP contribution in [0.15, 0.2) is 0 Å². The van der Waals surface area contributed by atoms with Gasteiger partial charge in [-0.3, -0.25) is 9.69 Å². The highest BCUT2D eigenvalue weighted by molar-refractivity contribution is 5.81. The van der Waals surface area contributed by atoms with E-state index in [1.807, 2.05) is 0 Å². The monoisotopic (exact) mass is 253 g/mol. The summed E-state index contributed by atoms with van der Waals surface area (Å²) < 4.78 is 38.3. The van der Waals surface area contributed by atoms with E-state index in [1.165, 1.54) is 9.80 Å². The second kappa shape index (κ2) is 5.22. The van der Waals surface area contributed by atoms with E-state index in [9.17, 15) is 18.0 Å². The molecule has 1 rings (SSSR count). The first-order chi connectivity index (χ1) is 7.79. The fourth-order valence-corrected chi connectivity index (χ4v) is 2.18. The van der Waals surface area contributed by atoms with Gasteiger partial charge >= 0.3 is 6.18 Å². The van der Waals surface area contributed by atoms with Gasteiger partial charge in [0, 0.05) is 20.6 Å². The summed E-state index contributed by atoms with van der Waals surface area (Å²) in [5.41, 5.74) is 5.19. The summed E-state index contributed by atoms with van der Waals surface area (Å²) in [5, 5.41) is 0. The molecule has 0 spiro atoms. The number of hydrogen-bond donors (Lipinski definition) is 1. The Labute approximate surface area is 98.5 Å². The Hall–Kier alpha value is -0.820. The van der Waals surface area contributed by atoms with Gasteiger partial charge in [0.25, 0.3) is 0 Å². The molecule has 0 saturated carbocycles. The quantitative estimate of drug-likeness (QED) is 0.793. The standard InChI is InChI=1S/C10H18F3N3O/c1-15(2)9(17)7-4-3-5-16(7)8(6-14)10(11,12)13/h7-8H,3-6,14H2,1-2H3/t7-,8+/m1/s1. The van der Waals surface area contributed by atoms with Gasteiger partial charge in [0.05, 0.1) is 6.04 Å². The molecule has 2 N–H and O–H groups in total. The second-order valence-corrected chi connectivity index (χ2v) is 4.42. The molecule has 1 aliphatic heterocycles. The zero-order valence-electron chi connectivity index (χ0n) is 10.00. The molecule has 2 atom stereocenters. The van der Waals surface area contributed by atoms with Crippen LogP contribution in [0.25, 0.3) is 0 Å². The molecule has 0 aromatic rings. The van der Waals surface area contributed by atoms with E-state index >= 15 is 0 Å². The molecule has 0 radical (unpaired) electrons. The fourth-order valence-electron chi connectivity index (χ4n) is 2.18. The average Bonchev–Trinajstić information content (AvgIpc) is 2.64. The van der Waals surface area contributed by atoms with Gasteiger partial charge in [-0.15, -0.1) is 0 Å². The van der Waals surface area contributed by atoms with Crippen molar-refractivity contribution in [2.24, 2.45) is 5.73 Å². The van der Waals surface area contributed by atoms with Crippen LogP contribution >= 0.6 is 0 Å². The molecule has 0 bridgehead atoms. The minimum atomic E-state index is -4.38. The van der Waals surface area contributed by atoms with E-state index < -0.39 is 24.8 Å². The normalized spacial score (nSPS) is 23.8. The van der Waals surface area contributed by atoms with E-state index in [0.717, 1.165) is 0 Å². The molecular formula is C10H18F3N3O. The molecule has 100 valence electrons. The summed E-state index contributed by atoms with van der Waals surface area (Å²) in [5.74, 6) is -0.287. The summed E-state index contributed by atoms with van der Waals surface area (Å²) in [6.45, 7) is -0.244. The Morgan fingerprint density at radius 1 is 1.53 bits per heavy atom. The Bertz CT molecular complexity index is 280. The van der Waals surface area contributed by atoms with Crippen molar-refractivity contribution in [1.29, 1.82) is 0 Å². The van der Waals surface area contributed by atoms with Gasteiger partial charge in [-0.25, -0.2) is 0 Å². The molecule has 0 aromatic heterocycles. The van der Waals surface area contributed by atoms with E-state index in [4.69, 9.17) is 5.73 Å². The van der Waals surface area contributed by atoms with Crippen molar-refractivity contribution < 1.29 is 18.0 Å². The molecule has 17 heavy (non-hydrogen) atoms. The first-order valence-electron chi connectivity index (χ1n) is 5.52. The number of rotatable bonds is 3. The number of likely N-dealkylation sites (N-methyl/N-ethyl adjacent to an activating group) is 1. The highest BCUT2D eigenvalue weighted by atomic mass is 19.4. The van der Waals surface area contributed by atoms with Gasteiger partial charge in [-0.05, 0) is 19.4 Å². The van der Waals surface area contributed by atoms with Crippen molar-refractivity contribution in [2.75, 3.05) is 27.2 Å². The van der Waals surface area contributed by atoms with Crippen LogP contribution in [0.3, 0.4) is 0 Å². The highest BCUT2D eigenvalue weighted by Gasteiger charge is 2.48. The molecule has 0 unspecified atom stereocenters. The third-order valence-electron chi connectivity index (χ3n) is 3.02. The van der Waals surface area contributed by atoms with Crippen molar-refractivity contribution in [2.45, 2.75) is 31.1 Å². The lowest BCUT2D eigenvalue weighted by Crippen LogP contribution is -2.55. The molecule has 1 aliphatic rings. The van der Waals surface area contributed by atoms with Gasteiger partial charge in [0.2, 0.25) is 5.91 Å². The second-order valence-electron chi connectivity index (χ2n) is 4.42. The molecule has 7 heteroatoms. The lowest BCUT2D eigenvalue weighted by atomic mass is 10.1. The van der Waals surface area contributed by atoms with Gasteiger partial charge in [0.15, 0.2) is 0 Å². The smallest absolute Gasteiger partial charge is 0.347 e. The number of likely N-dealkylation sites (tertiary alicyclic amines) is 1. The number of halogens is 3. The third-order valence-corrected chi connectivity index (χ3v) is 3.02. The van der Waals surface area contributed by atoms with Crippen LogP contribution < -0.4 is 5.73 Å². The summed E-state index contributed by atoms with van der Waals surface area (Å²) in [7, 11) is 3.09. The van der Waals surface area contributed by atoms with Crippen molar-refractivity contribution in [3.8, 4) is 0 Å². The molecule has 1 fully saturated rings. The minimum absolute atomic E-state index is 0.269. The number of nitrogens with zero attached hydrogens (tertiary/aromatic N) is 2. The van der Waals surface area contributed by atoms with E-state index in [-0.39, 0.29) is 12.5 Å². The van der Waals surface area contributed by atoms with Crippen LogP contribution in [0, 0.1) is 0 Å². The van der Waals surface area contributed by atoms with Crippen molar-refractivity contribution in [3.63, 3.8) is 0 Å². The molecule has 1 saturated heterocycles. The number of nitrogens with two attached hydrogens (primary N) is 1. The molecule has 4 nitrogen and oxygen atoms in total. The first-order valence-corrected chi connectivity index (χ1v) is 5.52. The first kappa shape index (κ1) is 14.2. The number of alkyl halides is 3. The molecular weight excluding hydrogens is 235 g/mol. The minimum Gasteiger partial charge on any atom is -0.347 e. The Morgan fingerprint density at radius 2 is 2.12 bits per heavy atom. The van der Waals surface area contributed by atoms with Crippen LogP contribution in [0.2, 0.25) is 0 Å². The zero-order chi connectivity index (χ0) is 13.2. The van der Waals surface area contributed by atoms with Crippen LogP contribution in [0.1, 0.15) is 12.8 Å². The van der Waals surface area contributed by atoms with Crippen LogP contribution in [-0.4, -0.2) is 61.2 Å². The maximum absolute atomic E-state index is 12.8. The van der Waals surface area contributed by atoms with Crippen molar-refractivity contribution in [1.82, 2.24) is 9.80 Å². The lowest BCUT2D eigenvalue weighted by Gasteiger charge is -2.33. The van der Waals surface area contributed by atoms with Gasteiger partial charge < -0.3 is 10.6 Å². The van der Waals surface area contributed by atoms with Crippen LogP contribution in [0.5, 0.6) is 0 Å². The fraction of sp³-hybridized carbons (Fsp3) is 0.900. The number of carbonyl (C=O) groups is 1. The highest BCUT2D eigenvalue weighted by Crippen LogP contribution is 2.30. The summed E-state index contributed by atoms with van der Waals surface area (Å²) >= 11 is 0. The zero-order valence-corrected chi connectivity index (χ0v) is 10.00. The Kier molecular flexibility index (Phi) is 4.37. The molecule has 1 amide bonds. The van der Waals surface area contributed by atoms with Crippen molar-refractivity contribution in [3.05, 3.63) is 0 Å². The van der Waals surface area contributed by atoms with Gasteiger partial charge in [0.1, 0.15) is 6.04 Å². The van der Waals surface area contributed by atoms with Crippen molar-refractivity contribution >= 4 is 5.91 Å². The predicted octanol–water partition coefficient (Wildman–Crippen LogP) is 0.429. The summed E-state index contributed by atoms with van der Waals surface area (Å²) in [4.78, 5) is 14.3. The summed E-state index contributed by atoms with van der Waals surface area (Å²) in [6.07, 6.45) is -3.33. The largest absolute Gasteiger partial charge is 0.405 e. The van der Waals surface area contributed by atoms with E-state index in [1.54, 1.807) is 14.1 Å². The van der Waals surface area contributed by atoms with Crippen LogP contribution in [0.4, 0.5) is 13.2 Å². The number of carbonyl (C=O) groups excluding carboxylic acids is 1. The molecule has 0 aliphatic carbocycles. The Balaban J connectivity index is 2.84. The molecule has 0 aromatic carbocycles.